The molecule has 5 nitrogen and oxygen atoms in total. The summed E-state index contributed by atoms with van der Waals surface area (Å²) in [6, 6.07) is 4.66. The Labute approximate surface area is 116 Å². The van der Waals surface area contributed by atoms with Gasteiger partial charge >= 0.3 is 0 Å². The summed E-state index contributed by atoms with van der Waals surface area (Å²) < 4.78 is 0. The van der Waals surface area contributed by atoms with Gasteiger partial charge in [0, 0.05) is 12.6 Å². The van der Waals surface area contributed by atoms with Gasteiger partial charge in [0.2, 0.25) is 0 Å². The predicted octanol–water partition coefficient (Wildman–Crippen LogP) is 3.21. The maximum atomic E-state index is 10.9. The van der Waals surface area contributed by atoms with Crippen molar-refractivity contribution in [3.63, 3.8) is 0 Å². The van der Waals surface area contributed by atoms with Crippen LogP contribution < -0.4 is 5.32 Å². The fourth-order valence-electron chi connectivity index (χ4n) is 2.44. The Balaban J connectivity index is 2.01. The van der Waals surface area contributed by atoms with Crippen LogP contribution in [0, 0.1) is 16.0 Å². The van der Waals surface area contributed by atoms with E-state index in [1.807, 2.05) is 0 Å². The van der Waals surface area contributed by atoms with Crippen LogP contribution in [0.3, 0.4) is 0 Å². The molecule has 6 heteroatoms. The largest absolute Gasteiger partial charge is 0.393 e. The zero-order valence-electron chi connectivity index (χ0n) is 10.5. The molecule has 0 amide bonds. The van der Waals surface area contributed by atoms with Crippen molar-refractivity contribution in [3.05, 3.63) is 33.3 Å². The molecule has 1 fully saturated rings. The molecular weight excluding hydrogens is 268 g/mol. The Bertz CT molecular complexity index is 459. The average Bonchev–Trinajstić information content (AvgIpc) is 2.39. The second kappa shape index (κ2) is 6.21. The van der Waals surface area contributed by atoms with E-state index < -0.39 is 4.92 Å². The average molecular weight is 285 g/mol. The first-order valence-electron chi connectivity index (χ1n) is 6.42. The van der Waals surface area contributed by atoms with Crippen LogP contribution in [-0.4, -0.2) is 22.7 Å². The van der Waals surface area contributed by atoms with Crippen LogP contribution in [0.1, 0.15) is 25.7 Å². The molecule has 1 aromatic carbocycles. The molecule has 0 unspecified atom stereocenters. The van der Waals surface area contributed by atoms with Gasteiger partial charge in [-0.05, 0) is 37.7 Å². The van der Waals surface area contributed by atoms with Gasteiger partial charge in [-0.3, -0.25) is 10.1 Å². The summed E-state index contributed by atoms with van der Waals surface area (Å²) in [5.74, 6) is 0.430. The Morgan fingerprint density at radius 2 is 2.05 bits per heavy atom. The van der Waals surface area contributed by atoms with E-state index in [9.17, 15) is 15.2 Å². The molecule has 0 heterocycles. The van der Waals surface area contributed by atoms with Crippen LogP contribution in [0.2, 0.25) is 5.02 Å². The van der Waals surface area contributed by atoms with Crippen molar-refractivity contribution in [3.8, 4) is 0 Å². The Hall–Kier alpha value is -1.33. The fraction of sp³-hybridized carbons (Fsp3) is 0.538. The third-order valence-electron chi connectivity index (χ3n) is 3.57. The highest BCUT2D eigenvalue weighted by molar-refractivity contribution is 6.33. The summed E-state index contributed by atoms with van der Waals surface area (Å²) in [4.78, 5) is 10.5. The van der Waals surface area contributed by atoms with E-state index in [2.05, 4.69) is 5.32 Å². The van der Waals surface area contributed by atoms with E-state index in [-0.39, 0.29) is 11.8 Å². The van der Waals surface area contributed by atoms with Gasteiger partial charge in [0.15, 0.2) is 0 Å². The van der Waals surface area contributed by atoms with Gasteiger partial charge in [-0.25, -0.2) is 0 Å². The van der Waals surface area contributed by atoms with Crippen molar-refractivity contribution in [1.82, 2.24) is 0 Å². The third-order valence-corrected chi connectivity index (χ3v) is 3.89. The zero-order valence-corrected chi connectivity index (χ0v) is 11.3. The van der Waals surface area contributed by atoms with Gasteiger partial charge in [-0.1, -0.05) is 17.7 Å². The van der Waals surface area contributed by atoms with E-state index in [0.717, 1.165) is 25.7 Å². The number of aliphatic hydroxyl groups excluding tert-OH is 1. The number of hydrogen-bond acceptors (Lipinski definition) is 4. The van der Waals surface area contributed by atoms with E-state index in [4.69, 9.17) is 11.6 Å². The van der Waals surface area contributed by atoms with E-state index >= 15 is 0 Å². The van der Waals surface area contributed by atoms with E-state index in [1.165, 1.54) is 6.07 Å². The molecule has 1 aromatic rings. The lowest BCUT2D eigenvalue weighted by Crippen LogP contribution is -2.23. The molecule has 0 atom stereocenters. The number of halogens is 1. The van der Waals surface area contributed by atoms with E-state index in [0.29, 0.717) is 23.2 Å². The molecule has 104 valence electrons. The monoisotopic (exact) mass is 284 g/mol. The normalized spacial score (nSPS) is 23.1. The zero-order chi connectivity index (χ0) is 13.8. The van der Waals surface area contributed by atoms with Crippen LogP contribution in [0.5, 0.6) is 0 Å². The molecule has 0 bridgehead atoms. The lowest BCUT2D eigenvalue weighted by Gasteiger charge is -2.25. The maximum absolute atomic E-state index is 10.9. The van der Waals surface area contributed by atoms with Crippen molar-refractivity contribution in [2.45, 2.75) is 31.8 Å². The number of benzene rings is 1. The van der Waals surface area contributed by atoms with Crippen molar-refractivity contribution in [1.29, 1.82) is 0 Å². The van der Waals surface area contributed by atoms with Crippen LogP contribution in [0.15, 0.2) is 18.2 Å². The molecule has 1 aliphatic rings. The summed E-state index contributed by atoms with van der Waals surface area (Å²) in [5, 5.41) is 23.8. The lowest BCUT2D eigenvalue weighted by molar-refractivity contribution is -0.383. The van der Waals surface area contributed by atoms with Crippen molar-refractivity contribution < 1.29 is 10.0 Å². The van der Waals surface area contributed by atoms with Gasteiger partial charge < -0.3 is 10.4 Å². The minimum atomic E-state index is -0.432. The minimum absolute atomic E-state index is 0.00310. The van der Waals surface area contributed by atoms with Crippen molar-refractivity contribution >= 4 is 23.0 Å². The second-order valence-electron chi connectivity index (χ2n) is 4.95. The first-order chi connectivity index (χ1) is 9.08. The molecule has 19 heavy (non-hydrogen) atoms. The van der Waals surface area contributed by atoms with Crippen molar-refractivity contribution in [2.24, 2.45) is 5.92 Å². The predicted molar refractivity (Wildman–Crippen MR) is 74.6 cm³/mol. The first-order valence-corrected chi connectivity index (χ1v) is 6.80. The van der Waals surface area contributed by atoms with Crippen LogP contribution >= 0.6 is 11.6 Å². The quantitative estimate of drug-likeness (QED) is 0.657. The Morgan fingerprint density at radius 3 is 2.68 bits per heavy atom. The smallest absolute Gasteiger partial charge is 0.293 e. The number of para-hydroxylation sites is 1. The molecule has 1 saturated carbocycles. The van der Waals surface area contributed by atoms with Gasteiger partial charge in [0.1, 0.15) is 5.69 Å². The van der Waals surface area contributed by atoms with E-state index in [1.54, 1.807) is 12.1 Å². The number of nitrogens with zero attached hydrogens (tertiary/aromatic N) is 1. The van der Waals surface area contributed by atoms with Gasteiger partial charge in [-0.15, -0.1) is 0 Å². The minimum Gasteiger partial charge on any atom is -0.393 e. The number of nitrogens with one attached hydrogen (secondary N) is 1. The standard InChI is InChI=1S/C13H17ClN2O3/c14-11-2-1-3-12(16(18)19)13(11)15-8-9-4-6-10(17)7-5-9/h1-3,9-10,15,17H,4-8H2. The van der Waals surface area contributed by atoms with Crippen LogP contribution in [0.4, 0.5) is 11.4 Å². The van der Waals surface area contributed by atoms with Crippen LogP contribution in [-0.2, 0) is 0 Å². The second-order valence-corrected chi connectivity index (χ2v) is 5.35. The van der Waals surface area contributed by atoms with Crippen molar-refractivity contribution in [2.75, 3.05) is 11.9 Å². The van der Waals surface area contributed by atoms with Gasteiger partial charge in [0.05, 0.1) is 16.0 Å². The Morgan fingerprint density at radius 1 is 1.37 bits per heavy atom. The maximum Gasteiger partial charge on any atom is 0.293 e. The topological polar surface area (TPSA) is 75.4 Å². The number of hydrogen-bond donors (Lipinski definition) is 2. The number of aliphatic hydroxyl groups is 1. The molecular formula is C13H17ClN2O3. The van der Waals surface area contributed by atoms with Gasteiger partial charge in [-0.2, -0.15) is 0 Å². The summed E-state index contributed by atoms with van der Waals surface area (Å²) in [6.45, 7) is 0.650. The summed E-state index contributed by atoms with van der Waals surface area (Å²) in [5.41, 5.74) is 0.392. The SMILES string of the molecule is O=[N+]([O-])c1cccc(Cl)c1NCC1CCC(O)CC1. The number of nitro groups is 1. The number of rotatable bonds is 4. The molecule has 2 rings (SSSR count). The highest BCUT2D eigenvalue weighted by Crippen LogP contribution is 2.33. The molecule has 0 aliphatic heterocycles. The summed E-state index contributed by atoms with van der Waals surface area (Å²) in [6.07, 6.45) is 3.29. The molecule has 0 aromatic heterocycles. The third kappa shape index (κ3) is 3.58. The summed E-state index contributed by atoms with van der Waals surface area (Å²) in [7, 11) is 0. The molecule has 0 saturated heterocycles. The highest BCUT2D eigenvalue weighted by Gasteiger charge is 2.21. The number of anilines is 1. The lowest BCUT2D eigenvalue weighted by atomic mass is 9.87. The molecule has 0 spiro atoms. The molecule has 0 radical (unpaired) electrons. The summed E-state index contributed by atoms with van der Waals surface area (Å²) >= 11 is 6.01. The molecule has 2 N–H and O–H groups in total. The van der Waals surface area contributed by atoms with Gasteiger partial charge in [0.25, 0.3) is 5.69 Å². The fourth-order valence-corrected chi connectivity index (χ4v) is 2.67. The highest BCUT2D eigenvalue weighted by atomic mass is 35.5. The molecule has 1 aliphatic carbocycles. The number of nitro benzene ring substituents is 1. The first kappa shape index (κ1) is 14.1. The van der Waals surface area contributed by atoms with Crippen LogP contribution in [0.25, 0.3) is 0 Å². The Kier molecular flexibility index (Phi) is 4.61.